The molecule has 0 aliphatic carbocycles. The van der Waals surface area contributed by atoms with Crippen molar-refractivity contribution in [1.29, 1.82) is 0 Å². The largest absolute Gasteiger partial charge is 0.494 e. The molecule has 20 heteroatoms. The van der Waals surface area contributed by atoms with E-state index in [0.29, 0.717) is 63.4 Å². The van der Waals surface area contributed by atoms with Gasteiger partial charge in [-0.2, -0.15) is 0 Å². The average molecular weight is 1050 g/mol. The van der Waals surface area contributed by atoms with Gasteiger partial charge in [0.15, 0.2) is 18.6 Å². The number of sulfone groups is 1. The number of carbonyl (C=O) groups excluding carboxylic acids is 1. The molecule has 414 valence electrons. The Morgan fingerprint density at radius 3 is 2.31 bits per heavy atom. The Morgan fingerprint density at radius 1 is 1.03 bits per heavy atom. The number of alkyl halides is 1. The summed E-state index contributed by atoms with van der Waals surface area (Å²) in [7, 11) is 1.43. The number of likely N-dealkylation sites (N-methyl/N-ethyl adjacent to an activating group) is 1. The minimum absolute atomic E-state index is 0.0108. The van der Waals surface area contributed by atoms with E-state index >= 15 is 0 Å². The quantitative estimate of drug-likeness (QED) is 0.0639. The van der Waals surface area contributed by atoms with Crippen LogP contribution in [0.2, 0.25) is 0 Å². The monoisotopic (exact) mass is 1040 g/mol. The topological polar surface area (TPSA) is 241 Å². The van der Waals surface area contributed by atoms with Gasteiger partial charge in [-0.1, -0.05) is 33.4 Å². The van der Waals surface area contributed by atoms with Gasteiger partial charge in [-0.05, 0) is 112 Å². The number of ether oxygens (including phenoxy) is 7. The number of aliphatic hydroxyl groups is 4. The predicted molar refractivity (Wildman–Crippen MR) is 271 cm³/mol. The summed E-state index contributed by atoms with van der Waals surface area (Å²) in [4.78, 5) is 18.6. The van der Waals surface area contributed by atoms with E-state index in [1.165, 1.54) is 37.5 Å². The van der Waals surface area contributed by atoms with E-state index in [2.05, 4.69) is 16.8 Å². The lowest BCUT2D eigenvalue weighted by Crippen LogP contribution is -2.60. The van der Waals surface area contributed by atoms with E-state index in [0.717, 1.165) is 0 Å². The van der Waals surface area contributed by atoms with Gasteiger partial charge in [0.05, 0.1) is 53.0 Å². The molecule has 0 amide bonds. The number of aliphatic hydroxyl groups excluding tert-OH is 2. The fraction of sp³-hybridized carbons (Fsp3) is 0.788. The zero-order valence-corrected chi connectivity index (χ0v) is 45.7. The van der Waals surface area contributed by atoms with Crippen LogP contribution in [0.4, 0.5) is 4.39 Å². The number of nitrogens with zero attached hydrogens (tertiary/aromatic N) is 2. The average Bonchev–Trinajstić information content (AvgIpc) is 3.34. The standard InChI is InChI=1S/C52H89FN4O14S/c1-14-42-52(62,15-2)46(58)36(7)57(12)30-32(3)27-50(9,61)48(34(5)45(35(6)49(60)69-42)70-44-28-51(10,65-13)47(59)37(8)68-44)71-43-26-39(25-33(4)67-43)56(11)23-21-38(54)29-55-22-16-24-66-40-17-19-41(20-18-40)72(63,64)31-53/h15,17-20,29,32-37,39,42-48,55,58-59,61-62H,2,14,16,21-28,30-31,54H2,1,3-13H3/b38-29-/t32-,33-,34+,35-,36-,37+,39+,42-,43+,44+,45+,46-,47+,48-,50-,51-,52-/m1/s1. The summed E-state index contributed by atoms with van der Waals surface area (Å²) in [6.45, 7) is 22.1. The number of carbonyl (C=O) groups is 1. The first-order chi connectivity index (χ1) is 33.7. The molecule has 3 heterocycles. The van der Waals surface area contributed by atoms with Crippen molar-refractivity contribution < 1.29 is 71.2 Å². The van der Waals surface area contributed by atoms with Gasteiger partial charge in [0.1, 0.15) is 29.7 Å². The molecule has 0 aromatic heterocycles. The first kappa shape index (κ1) is 61.6. The lowest BCUT2D eigenvalue weighted by Gasteiger charge is -2.48. The van der Waals surface area contributed by atoms with Gasteiger partial charge in [0.25, 0.3) is 0 Å². The third kappa shape index (κ3) is 15.8. The highest BCUT2D eigenvalue weighted by molar-refractivity contribution is 7.91. The molecule has 18 nitrogen and oxygen atoms in total. The summed E-state index contributed by atoms with van der Waals surface area (Å²) < 4.78 is 80.5. The Balaban J connectivity index is 1.55. The molecule has 7 N–H and O–H groups in total. The highest BCUT2D eigenvalue weighted by Gasteiger charge is 2.52. The molecule has 3 aliphatic rings. The van der Waals surface area contributed by atoms with Gasteiger partial charge >= 0.3 is 5.97 Å². The third-order valence-electron chi connectivity index (χ3n) is 15.2. The second kappa shape index (κ2) is 26.7. The number of hydrogen-bond acceptors (Lipinski definition) is 18. The summed E-state index contributed by atoms with van der Waals surface area (Å²) in [5, 5.41) is 50.9. The number of nitrogens with one attached hydrogen (secondary N) is 1. The molecule has 3 aliphatic heterocycles. The summed E-state index contributed by atoms with van der Waals surface area (Å²) in [6.07, 6.45) is -2.34. The molecule has 4 rings (SSSR count). The normalized spacial score (nSPS) is 38.4. The summed E-state index contributed by atoms with van der Waals surface area (Å²) >= 11 is 0. The minimum atomic E-state index is -3.93. The van der Waals surface area contributed by atoms with E-state index in [9.17, 15) is 38.0 Å². The number of benzene rings is 1. The molecular formula is C52H89FN4O14S. The Hall–Kier alpha value is -2.99. The molecule has 0 bridgehead atoms. The zero-order chi connectivity index (χ0) is 53.9. The first-order valence-corrected chi connectivity index (χ1v) is 27.2. The number of hydrogen-bond donors (Lipinski definition) is 6. The van der Waals surface area contributed by atoms with Crippen LogP contribution in [0, 0.1) is 17.8 Å². The molecule has 0 spiro atoms. The van der Waals surface area contributed by atoms with E-state index < -0.39 is 106 Å². The molecule has 0 saturated carbocycles. The third-order valence-corrected chi connectivity index (χ3v) is 16.5. The fourth-order valence-electron chi connectivity index (χ4n) is 10.6. The summed E-state index contributed by atoms with van der Waals surface area (Å²) in [5.41, 5.74) is 2.47. The van der Waals surface area contributed by atoms with Gasteiger partial charge < -0.3 is 74.4 Å². The second-order valence-electron chi connectivity index (χ2n) is 21.3. The van der Waals surface area contributed by atoms with E-state index in [-0.39, 0.29) is 42.2 Å². The number of methoxy groups -OCH3 is 1. The van der Waals surface area contributed by atoms with Crippen molar-refractivity contribution in [3.63, 3.8) is 0 Å². The van der Waals surface area contributed by atoms with Gasteiger partial charge in [-0.3, -0.25) is 4.79 Å². The van der Waals surface area contributed by atoms with Crippen molar-refractivity contribution >= 4 is 15.8 Å². The summed E-state index contributed by atoms with van der Waals surface area (Å²) in [6, 6.07) is 3.58. The van der Waals surface area contributed by atoms with Crippen LogP contribution < -0.4 is 15.8 Å². The van der Waals surface area contributed by atoms with Gasteiger partial charge in [0, 0.05) is 75.9 Å². The molecule has 3 fully saturated rings. The van der Waals surface area contributed by atoms with E-state index in [1.807, 2.05) is 39.8 Å². The van der Waals surface area contributed by atoms with Gasteiger partial charge in [-0.25, -0.2) is 12.8 Å². The molecule has 0 unspecified atom stereocenters. The van der Waals surface area contributed by atoms with E-state index in [4.69, 9.17) is 38.9 Å². The van der Waals surface area contributed by atoms with Crippen LogP contribution in [-0.4, -0.2) is 182 Å². The van der Waals surface area contributed by atoms with Crippen LogP contribution in [0.3, 0.4) is 0 Å². The van der Waals surface area contributed by atoms with Crippen LogP contribution >= 0.6 is 0 Å². The van der Waals surface area contributed by atoms with Crippen molar-refractivity contribution in [2.24, 2.45) is 23.5 Å². The number of halogens is 1. The summed E-state index contributed by atoms with van der Waals surface area (Å²) in [5.74, 6) is -2.18. The minimum Gasteiger partial charge on any atom is -0.494 e. The maximum Gasteiger partial charge on any atom is 0.311 e. The maximum absolute atomic E-state index is 14.5. The highest BCUT2D eigenvalue weighted by atomic mass is 32.2. The number of nitrogens with two attached hydrogens (primary N) is 1. The molecule has 1 aromatic carbocycles. The van der Waals surface area contributed by atoms with Crippen molar-refractivity contribution in [2.75, 3.05) is 53.5 Å². The van der Waals surface area contributed by atoms with Crippen LogP contribution in [0.15, 0.2) is 53.7 Å². The highest BCUT2D eigenvalue weighted by Crippen LogP contribution is 2.40. The van der Waals surface area contributed by atoms with Crippen LogP contribution in [0.5, 0.6) is 5.75 Å². The Labute approximate surface area is 428 Å². The lowest BCUT2D eigenvalue weighted by atomic mass is 9.77. The van der Waals surface area contributed by atoms with E-state index in [1.54, 1.807) is 47.7 Å². The van der Waals surface area contributed by atoms with Crippen molar-refractivity contribution in [3.05, 3.63) is 48.8 Å². The Kier molecular flexibility index (Phi) is 22.8. The van der Waals surface area contributed by atoms with Gasteiger partial charge in [0.2, 0.25) is 9.84 Å². The molecular weight excluding hydrogens is 956 g/mol. The molecule has 3 saturated heterocycles. The Morgan fingerprint density at radius 2 is 1.69 bits per heavy atom. The molecule has 1 aromatic rings. The number of esters is 1. The van der Waals surface area contributed by atoms with Crippen LogP contribution in [0.1, 0.15) is 107 Å². The van der Waals surface area contributed by atoms with Crippen molar-refractivity contribution in [3.8, 4) is 5.75 Å². The smallest absolute Gasteiger partial charge is 0.311 e. The maximum atomic E-state index is 14.5. The van der Waals surface area contributed by atoms with Crippen LogP contribution in [0.25, 0.3) is 0 Å². The lowest BCUT2D eigenvalue weighted by molar-refractivity contribution is -0.308. The number of rotatable bonds is 19. The zero-order valence-electron chi connectivity index (χ0n) is 44.9. The fourth-order valence-corrected chi connectivity index (χ4v) is 11.3. The SMILES string of the molecule is C=C[C@]1(O)[C@H](O)[C@@H](C)N(C)C[C@H](C)C[C@@](C)(O)[C@H](O[C@H]2C[C@@H](N(C)CC/C(N)=C/NCCCOc3ccc(S(=O)(=O)CF)cc3)C[C@@H](C)O2)[C@@H](C)[C@H](O[C@H]2C[C@@](C)(OC)[C@@H](O)[C@H](C)O2)[C@@H](C)C(=O)O[C@@H]1CC. The molecule has 17 atom stereocenters. The van der Waals surface area contributed by atoms with Crippen molar-refractivity contribution in [2.45, 2.75) is 196 Å². The predicted octanol–water partition coefficient (Wildman–Crippen LogP) is 4.42. The molecule has 0 radical (unpaired) electrons. The molecule has 72 heavy (non-hydrogen) atoms. The van der Waals surface area contributed by atoms with Crippen molar-refractivity contribution in [1.82, 2.24) is 15.1 Å². The van der Waals surface area contributed by atoms with Crippen LogP contribution in [-0.2, 0) is 43.1 Å². The first-order valence-electron chi connectivity index (χ1n) is 25.6. The van der Waals surface area contributed by atoms with Gasteiger partial charge in [-0.15, -0.1) is 0 Å². The Bertz CT molecular complexity index is 2000. The number of cyclic esters (lactones) is 1. The second-order valence-corrected chi connectivity index (χ2v) is 23.2.